The molecule has 0 bridgehead atoms. The van der Waals surface area contributed by atoms with Gasteiger partial charge in [0.15, 0.2) is 0 Å². The first kappa shape index (κ1) is 15.8. The van der Waals surface area contributed by atoms with Gasteiger partial charge in [-0.2, -0.15) is 5.10 Å². The molecule has 0 radical (unpaired) electrons. The van der Waals surface area contributed by atoms with Crippen molar-refractivity contribution in [1.29, 1.82) is 0 Å². The van der Waals surface area contributed by atoms with Crippen molar-refractivity contribution < 1.29 is 9.53 Å². The average molecular weight is 339 g/mol. The van der Waals surface area contributed by atoms with Crippen LogP contribution in [0.4, 0.5) is 0 Å². The van der Waals surface area contributed by atoms with Crippen molar-refractivity contribution in [2.75, 3.05) is 13.2 Å². The van der Waals surface area contributed by atoms with Crippen LogP contribution < -0.4 is 0 Å². The molecule has 1 aliphatic rings. The fourth-order valence-corrected chi connectivity index (χ4v) is 3.33. The van der Waals surface area contributed by atoms with E-state index in [1.165, 1.54) is 0 Å². The van der Waals surface area contributed by atoms with Gasteiger partial charge in [0.25, 0.3) is 5.91 Å². The molecule has 4 heterocycles. The number of nitrogens with zero attached hydrogens (tertiary/aromatic N) is 5. The van der Waals surface area contributed by atoms with Crippen molar-refractivity contribution in [3.8, 4) is 0 Å². The van der Waals surface area contributed by atoms with Gasteiger partial charge in [-0.1, -0.05) is 0 Å². The van der Waals surface area contributed by atoms with Crippen molar-refractivity contribution in [2.24, 2.45) is 7.05 Å². The highest BCUT2D eigenvalue weighted by Crippen LogP contribution is 2.19. The number of hydrogen-bond donors (Lipinski definition) is 0. The number of aromatic nitrogens is 4. The Labute approximate surface area is 145 Å². The lowest BCUT2D eigenvalue weighted by atomic mass is 10.1. The van der Waals surface area contributed by atoms with E-state index in [-0.39, 0.29) is 12.0 Å². The summed E-state index contributed by atoms with van der Waals surface area (Å²) in [6.45, 7) is 1.89. The van der Waals surface area contributed by atoms with E-state index < -0.39 is 0 Å². The topological polar surface area (TPSA) is 64.7 Å². The molecule has 1 unspecified atom stereocenters. The number of imidazole rings is 1. The maximum atomic E-state index is 13.3. The number of carbonyl (C=O) groups is 1. The summed E-state index contributed by atoms with van der Waals surface area (Å²) in [7, 11) is 1.92. The first-order chi connectivity index (χ1) is 12.2. The summed E-state index contributed by atoms with van der Waals surface area (Å²) in [5, 5.41) is 4.29. The summed E-state index contributed by atoms with van der Waals surface area (Å²) in [5.74, 6) is -0.0240. The number of ether oxygens (including phenoxy) is 1. The number of hydrogen-bond acceptors (Lipinski definition) is 4. The van der Waals surface area contributed by atoms with Crippen LogP contribution >= 0.6 is 0 Å². The number of amides is 1. The van der Waals surface area contributed by atoms with Crippen LogP contribution in [0.15, 0.2) is 43.1 Å². The Balaban J connectivity index is 1.63. The molecule has 1 saturated heterocycles. The first-order valence-corrected chi connectivity index (χ1v) is 8.51. The smallest absolute Gasteiger partial charge is 0.259 e. The van der Waals surface area contributed by atoms with Crippen molar-refractivity contribution in [1.82, 2.24) is 24.1 Å². The quantitative estimate of drug-likeness (QED) is 0.712. The first-order valence-electron chi connectivity index (χ1n) is 8.51. The zero-order valence-electron chi connectivity index (χ0n) is 14.2. The molecule has 3 aromatic rings. The molecule has 25 heavy (non-hydrogen) atoms. The van der Waals surface area contributed by atoms with E-state index in [2.05, 4.69) is 10.1 Å². The average Bonchev–Trinajstić information content (AvgIpc) is 3.35. The van der Waals surface area contributed by atoms with Gasteiger partial charge in [-0.15, -0.1) is 0 Å². The third kappa shape index (κ3) is 3.15. The summed E-state index contributed by atoms with van der Waals surface area (Å²) in [5.41, 5.74) is 2.47. The van der Waals surface area contributed by atoms with Gasteiger partial charge in [-0.05, 0) is 30.5 Å². The minimum absolute atomic E-state index is 0.0240. The number of carbonyl (C=O) groups excluding carboxylic acids is 1. The lowest BCUT2D eigenvalue weighted by Gasteiger charge is -2.25. The SMILES string of the molecule is Cn1ccn2ncc(C(=O)N(Cc3ccncc3)CC3CCCO3)c12. The molecule has 0 aliphatic carbocycles. The van der Waals surface area contributed by atoms with Gasteiger partial charge in [-0.25, -0.2) is 4.52 Å². The molecule has 1 fully saturated rings. The second-order valence-electron chi connectivity index (χ2n) is 6.41. The van der Waals surface area contributed by atoms with E-state index >= 15 is 0 Å². The van der Waals surface area contributed by atoms with E-state index in [1.807, 2.05) is 41.0 Å². The van der Waals surface area contributed by atoms with E-state index in [1.54, 1.807) is 23.1 Å². The normalized spacial score (nSPS) is 17.2. The van der Waals surface area contributed by atoms with Gasteiger partial charge in [0.1, 0.15) is 11.2 Å². The van der Waals surface area contributed by atoms with Gasteiger partial charge >= 0.3 is 0 Å². The van der Waals surface area contributed by atoms with Crippen LogP contribution in [0.5, 0.6) is 0 Å². The third-order valence-corrected chi connectivity index (χ3v) is 4.62. The number of aryl methyl sites for hydroxylation is 1. The zero-order chi connectivity index (χ0) is 17.2. The summed E-state index contributed by atoms with van der Waals surface area (Å²) in [6.07, 6.45) is 11.0. The van der Waals surface area contributed by atoms with Crippen LogP contribution in [0.2, 0.25) is 0 Å². The molecule has 1 atom stereocenters. The Hall–Kier alpha value is -2.67. The molecule has 0 saturated carbocycles. The van der Waals surface area contributed by atoms with E-state index in [9.17, 15) is 4.79 Å². The monoisotopic (exact) mass is 339 g/mol. The summed E-state index contributed by atoms with van der Waals surface area (Å²) < 4.78 is 9.39. The van der Waals surface area contributed by atoms with Crippen LogP contribution in [0.25, 0.3) is 5.65 Å². The van der Waals surface area contributed by atoms with Crippen LogP contribution in [0.1, 0.15) is 28.8 Å². The molecule has 7 heteroatoms. The fraction of sp³-hybridized carbons (Fsp3) is 0.389. The Kier molecular flexibility index (Phi) is 4.23. The predicted octanol–water partition coefficient (Wildman–Crippen LogP) is 1.89. The highest BCUT2D eigenvalue weighted by Gasteiger charge is 2.26. The van der Waals surface area contributed by atoms with Gasteiger partial charge in [-0.3, -0.25) is 9.78 Å². The van der Waals surface area contributed by atoms with Gasteiger partial charge in [0, 0.05) is 51.5 Å². The minimum atomic E-state index is -0.0240. The second-order valence-corrected chi connectivity index (χ2v) is 6.41. The minimum Gasteiger partial charge on any atom is -0.376 e. The van der Waals surface area contributed by atoms with Crippen molar-refractivity contribution in [3.05, 3.63) is 54.2 Å². The van der Waals surface area contributed by atoms with Crippen LogP contribution in [-0.2, 0) is 18.3 Å². The molecule has 0 spiro atoms. The fourth-order valence-electron chi connectivity index (χ4n) is 3.33. The molecule has 1 aliphatic heterocycles. The molecular weight excluding hydrogens is 318 g/mol. The van der Waals surface area contributed by atoms with Crippen LogP contribution in [0.3, 0.4) is 0 Å². The molecule has 7 nitrogen and oxygen atoms in total. The van der Waals surface area contributed by atoms with Gasteiger partial charge in [0.2, 0.25) is 0 Å². The van der Waals surface area contributed by atoms with Crippen LogP contribution in [-0.4, -0.2) is 49.2 Å². The summed E-state index contributed by atoms with van der Waals surface area (Å²) in [4.78, 5) is 19.2. The maximum absolute atomic E-state index is 13.3. The number of rotatable bonds is 5. The molecule has 0 N–H and O–H groups in total. The van der Waals surface area contributed by atoms with E-state index in [0.717, 1.165) is 30.7 Å². The Bertz CT molecular complexity index is 864. The molecule has 130 valence electrons. The largest absolute Gasteiger partial charge is 0.376 e. The van der Waals surface area contributed by atoms with E-state index in [0.29, 0.717) is 18.7 Å². The maximum Gasteiger partial charge on any atom is 0.259 e. The summed E-state index contributed by atoms with van der Waals surface area (Å²) >= 11 is 0. The van der Waals surface area contributed by atoms with Gasteiger partial charge in [0.05, 0.1) is 12.3 Å². The highest BCUT2D eigenvalue weighted by molar-refractivity contribution is 5.99. The standard InChI is InChI=1S/C18H21N5O2/c1-21-8-9-23-17(21)16(11-20-23)18(24)22(13-15-3-2-10-25-15)12-14-4-6-19-7-5-14/h4-9,11,15H,2-3,10,12-13H2,1H3. The summed E-state index contributed by atoms with van der Waals surface area (Å²) in [6, 6.07) is 3.87. The Morgan fingerprint density at radius 3 is 2.96 bits per heavy atom. The lowest BCUT2D eigenvalue weighted by molar-refractivity contribution is 0.0508. The van der Waals surface area contributed by atoms with Crippen molar-refractivity contribution in [3.63, 3.8) is 0 Å². The molecule has 1 amide bonds. The Morgan fingerprint density at radius 1 is 1.36 bits per heavy atom. The highest BCUT2D eigenvalue weighted by atomic mass is 16.5. The van der Waals surface area contributed by atoms with Crippen molar-refractivity contribution >= 4 is 11.6 Å². The van der Waals surface area contributed by atoms with Crippen LogP contribution in [0, 0.1) is 0 Å². The third-order valence-electron chi connectivity index (χ3n) is 4.62. The van der Waals surface area contributed by atoms with Crippen molar-refractivity contribution in [2.45, 2.75) is 25.5 Å². The molecule has 4 rings (SSSR count). The number of pyridine rings is 1. The predicted molar refractivity (Wildman–Crippen MR) is 92.1 cm³/mol. The van der Waals surface area contributed by atoms with Gasteiger partial charge < -0.3 is 14.2 Å². The Morgan fingerprint density at radius 2 is 2.20 bits per heavy atom. The molecule has 0 aromatic carbocycles. The lowest BCUT2D eigenvalue weighted by Crippen LogP contribution is -2.37. The molecule has 3 aromatic heterocycles. The van der Waals surface area contributed by atoms with E-state index in [4.69, 9.17) is 4.74 Å². The number of fused-ring (bicyclic) bond motifs is 1. The molecular formula is C18H21N5O2. The second kappa shape index (κ2) is 6.68. The zero-order valence-corrected chi connectivity index (χ0v) is 14.2.